The van der Waals surface area contributed by atoms with Crippen molar-refractivity contribution in [3.63, 3.8) is 0 Å². The molecule has 0 aliphatic carbocycles. The number of rotatable bonds is 9. The number of aromatic nitrogens is 2. The van der Waals surface area contributed by atoms with E-state index in [2.05, 4.69) is 9.97 Å². The molecule has 0 saturated heterocycles. The van der Waals surface area contributed by atoms with E-state index < -0.39 is 52.1 Å². The molecule has 16 heteroatoms. The lowest BCUT2D eigenvalue weighted by Gasteiger charge is -2.37. The number of aliphatic hydroxyl groups is 2. The maximum Gasteiger partial charge on any atom is 0.422 e. The molecular weight excluding hydrogens is 792 g/mol. The van der Waals surface area contributed by atoms with Crippen molar-refractivity contribution < 1.29 is 41.3 Å². The first-order valence-electron chi connectivity index (χ1n) is 15.5. The minimum Gasteiger partial charge on any atom is -0.473 e. The van der Waals surface area contributed by atoms with Crippen LogP contribution in [0.2, 0.25) is 20.1 Å². The number of nitrogens with zero attached hydrogens (tertiary/aromatic N) is 1. The standard InChI is InChI=1S/C22H18Cl2F3NO2.C15H12Cl2F3NO2/c1-14(18-8-7-17(23)12-19(18)24)21(29,22(25,26)27)16-9-10-28-20(11-16)30-13-15-5-3-2-4-6-15;1-8(11-3-2-10(16)7-12(11)17)14(23,15(18,19)20)9-4-5-21-13(22)6-9/h2-12,14,29H,13H2,1H3;2-8,23H,1H3,(H,21,22). The number of nitrogens with one attached hydrogen (secondary N) is 1. The molecule has 0 saturated carbocycles. The second-order valence-corrected chi connectivity index (χ2v) is 13.6. The van der Waals surface area contributed by atoms with E-state index in [4.69, 9.17) is 51.1 Å². The molecule has 0 aliphatic heterocycles. The van der Waals surface area contributed by atoms with Gasteiger partial charge in [0.15, 0.2) is 11.2 Å². The van der Waals surface area contributed by atoms with Crippen molar-refractivity contribution in [1.82, 2.24) is 9.97 Å². The Balaban J connectivity index is 0.000000245. The van der Waals surface area contributed by atoms with E-state index in [9.17, 15) is 41.4 Å². The third-order valence-corrected chi connectivity index (χ3v) is 9.72. The van der Waals surface area contributed by atoms with Crippen molar-refractivity contribution in [2.45, 2.75) is 55.8 Å². The fourth-order valence-corrected chi connectivity index (χ4v) is 6.76. The molecule has 2 aromatic heterocycles. The Hall–Kier alpha value is -3.78. The minimum atomic E-state index is -5.02. The normalized spacial score (nSPS) is 15.3. The van der Waals surface area contributed by atoms with Crippen LogP contribution in [0, 0.1) is 0 Å². The second-order valence-electron chi connectivity index (χ2n) is 11.9. The molecule has 0 fully saturated rings. The zero-order valence-corrected chi connectivity index (χ0v) is 30.6. The van der Waals surface area contributed by atoms with Crippen LogP contribution in [0.15, 0.2) is 108 Å². The lowest BCUT2D eigenvalue weighted by Crippen LogP contribution is -2.47. The number of aromatic amines is 1. The summed E-state index contributed by atoms with van der Waals surface area (Å²) in [6, 6.07) is 21.2. The number of H-pyrrole nitrogens is 1. The molecule has 5 rings (SSSR count). The quantitative estimate of drug-likeness (QED) is 0.129. The van der Waals surface area contributed by atoms with Gasteiger partial charge in [-0.05, 0) is 53.1 Å². The summed E-state index contributed by atoms with van der Waals surface area (Å²) in [7, 11) is 0. The average molecular weight is 822 g/mol. The summed E-state index contributed by atoms with van der Waals surface area (Å²) >= 11 is 23.7. The van der Waals surface area contributed by atoms with Gasteiger partial charge in [0.25, 0.3) is 0 Å². The predicted octanol–water partition coefficient (Wildman–Crippen LogP) is 10.8. The maximum atomic E-state index is 14.1. The highest BCUT2D eigenvalue weighted by Gasteiger charge is 2.60. The zero-order valence-electron chi connectivity index (χ0n) is 27.6. The minimum absolute atomic E-state index is 0.00230. The predicted molar refractivity (Wildman–Crippen MR) is 192 cm³/mol. The van der Waals surface area contributed by atoms with Crippen LogP contribution in [0.5, 0.6) is 5.88 Å². The van der Waals surface area contributed by atoms with Crippen LogP contribution in [0.4, 0.5) is 26.3 Å². The van der Waals surface area contributed by atoms with Crippen LogP contribution >= 0.6 is 46.4 Å². The summed E-state index contributed by atoms with van der Waals surface area (Å²) in [6.07, 6.45) is -7.80. The molecular formula is C37H30Cl4F6N2O4. The first-order chi connectivity index (χ1) is 24.7. The molecule has 3 N–H and O–H groups in total. The van der Waals surface area contributed by atoms with Gasteiger partial charge in [-0.25, -0.2) is 4.98 Å². The first kappa shape index (κ1) is 42.0. The fourth-order valence-electron chi connectivity index (χ4n) is 5.61. The lowest BCUT2D eigenvalue weighted by molar-refractivity contribution is -0.274. The monoisotopic (exact) mass is 820 g/mol. The van der Waals surface area contributed by atoms with Crippen LogP contribution in [0.1, 0.15) is 53.5 Å². The molecule has 3 aromatic carbocycles. The highest BCUT2D eigenvalue weighted by atomic mass is 35.5. The topological polar surface area (TPSA) is 95.4 Å². The van der Waals surface area contributed by atoms with Gasteiger partial charge in [0.1, 0.15) is 6.61 Å². The highest BCUT2D eigenvalue weighted by Crippen LogP contribution is 2.51. The van der Waals surface area contributed by atoms with Crippen molar-refractivity contribution in [2.75, 3.05) is 0 Å². The molecule has 0 spiro atoms. The van der Waals surface area contributed by atoms with Crippen molar-refractivity contribution in [3.8, 4) is 5.88 Å². The van der Waals surface area contributed by atoms with Gasteiger partial charge >= 0.3 is 12.4 Å². The largest absolute Gasteiger partial charge is 0.473 e. The van der Waals surface area contributed by atoms with Crippen LogP contribution in [0.3, 0.4) is 0 Å². The molecule has 5 aromatic rings. The van der Waals surface area contributed by atoms with Gasteiger partial charge < -0.3 is 19.9 Å². The van der Waals surface area contributed by atoms with Gasteiger partial charge in [-0.2, -0.15) is 26.3 Å². The van der Waals surface area contributed by atoms with E-state index >= 15 is 0 Å². The van der Waals surface area contributed by atoms with Crippen molar-refractivity contribution in [2.24, 2.45) is 0 Å². The third-order valence-electron chi connectivity index (χ3n) is 8.60. The highest BCUT2D eigenvalue weighted by molar-refractivity contribution is 6.35. The molecule has 0 radical (unpaired) electrons. The van der Waals surface area contributed by atoms with Crippen LogP contribution < -0.4 is 10.3 Å². The molecule has 282 valence electrons. The number of halogens is 10. The van der Waals surface area contributed by atoms with E-state index in [0.29, 0.717) is 6.07 Å². The summed E-state index contributed by atoms with van der Waals surface area (Å²) in [4.78, 5) is 17.5. The van der Waals surface area contributed by atoms with Gasteiger partial charge in [0, 0.05) is 67.6 Å². The summed E-state index contributed by atoms with van der Waals surface area (Å²) in [5.41, 5.74) is -7.20. The van der Waals surface area contributed by atoms with Crippen LogP contribution in [0.25, 0.3) is 0 Å². The number of ether oxygens (including phenoxy) is 1. The van der Waals surface area contributed by atoms with Gasteiger partial charge in [-0.1, -0.05) is 103 Å². The van der Waals surface area contributed by atoms with Crippen molar-refractivity contribution in [3.05, 3.63) is 162 Å². The van der Waals surface area contributed by atoms with E-state index in [1.807, 2.05) is 30.3 Å². The Morgan fingerprint density at radius 3 is 1.64 bits per heavy atom. The van der Waals surface area contributed by atoms with E-state index in [1.165, 1.54) is 56.4 Å². The summed E-state index contributed by atoms with van der Waals surface area (Å²) in [5, 5.41) is 22.0. The SMILES string of the molecule is CC(c1ccc(Cl)cc1Cl)C(O)(c1cc[nH]c(=O)c1)C(F)(F)F.CC(c1ccc(Cl)cc1Cl)C(O)(c1ccnc(OCc2ccccc2)c1)C(F)(F)F. The number of hydrogen-bond acceptors (Lipinski definition) is 5. The molecule has 0 amide bonds. The van der Waals surface area contributed by atoms with Crippen molar-refractivity contribution in [1.29, 1.82) is 0 Å². The van der Waals surface area contributed by atoms with Gasteiger partial charge in [0.05, 0.1) is 0 Å². The van der Waals surface area contributed by atoms with E-state index in [0.717, 1.165) is 30.0 Å². The number of hydrogen-bond donors (Lipinski definition) is 3. The molecule has 0 bridgehead atoms. The Kier molecular flexibility index (Phi) is 13.2. The summed E-state index contributed by atoms with van der Waals surface area (Å²) in [6.45, 7) is 2.57. The second kappa shape index (κ2) is 16.7. The van der Waals surface area contributed by atoms with Gasteiger partial charge in [0.2, 0.25) is 11.4 Å². The number of benzene rings is 3. The Morgan fingerprint density at radius 1 is 0.698 bits per heavy atom. The van der Waals surface area contributed by atoms with Crippen LogP contribution in [-0.2, 0) is 17.8 Å². The Bertz CT molecular complexity index is 2080. The van der Waals surface area contributed by atoms with Crippen LogP contribution in [-0.4, -0.2) is 32.5 Å². The summed E-state index contributed by atoms with van der Waals surface area (Å²) in [5.74, 6) is -2.92. The smallest absolute Gasteiger partial charge is 0.422 e. The first-order valence-corrected chi connectivity index (χ1v) is 17.0. The lowest BCUT2D eigenvalue weighted by atomic mass is 9.78. The fraction of sp³-hybridized carbons (Fsp3) is 0.243. The zero-order chi connectivity index (χ0) is 39.4. The van der Waals surface area contributed by atoms with E-state index in [1.54, 1.807) is 0 Å². The van der Waals surface area contributed by atoms with E-state index in [-0.39, 0.29) is 43.7 Å². The molecule has 2 heterocycles. The molecule has 53 heavy (non-hydrogen) atoms. The van der Waals surface area contributed by atoms with Crippen molar-refractivity contribution >= 4 is 46.4 Å². The maximum absolute atomic E-state index is 14.1. The number of alkyl halides is 6. The molecule has 6 nitrogen and oxygen atoms in total. The number of pyridine rings is 2. The molecule has 0 aliphatic rings. The molecule has 4 atom stereocenters. The third kappa shape index (κ3) is 9.30. The Labute approximate surface area is 319 Å². The Morgan fingerprint density at radius 2 is 1.19 bits per heavy atom. The average Bonchev–Trinajstić information content (AvgIpc) is 3.09. The summed E-state index contributed by atoms with van der Waals surface area (Å²) < 4.78 is 88.9. The van der Waals surface area contributed by atoms with Gasteiger partial charge in [-0.15, -0.1) is 0 Å². The van der Waals surface area contributed by atoms with Gasteiger partial charge in [-0.3, -0.25) is 4.79 Å². The molecule has 4 unspecified atom stereocenters.